The summed E-state index contributed by atoms with van der Waals surface area (Å²) in [5.41, 5.74) is 0.910. The Kier molecular flexibility index (Phi) is 6.43. The van der Waals surface area contributed by atoms with E-state index in [9.17, 15) is 0 Å². The molecule has 1 heterocycles. The van der Waals surface area contributed by atoms with E-state index in [2.05, 4.69) is 39.6 Å². The Hall–Kier alpha value is -1.85. The highest BCUT2D eigenvalue weighted by Crippen LogP contribution is 2.17. The Morgan fingerprint density at radius 1 is 1.09 bits per heavy atom. The molecule has 0 amide bonds. The monoisotopic (exact) mass is 319 g/mol. The van der Waals surface area contributed by atoms with E-state index < -0.39 is 0 Å². The second-order valence-corrected chi connectivity index (χ2v) is 5.77. The molecule has 2 aromatic rings. The maximum Gasteiger partial charge on any atom is 0.229 e. The summed E-state index contributed by atoms with van der Waals surface area (Å²) in [5.74, 6) is 1.40. The average molecular weight is 320 g/mol. The molecule has 1 aromatic carbocycles. The Morgan fingerprint density at radius 3 is 2.59 bits per heavy atom. The summed E-state index contributed by atoms with van der Waals surface area (Å²) in [4.78, 5) is 10.9. The first-order valence-corrected chi connectivity index (χ1v) is 7.75. The van der Waals surface area contributed by atoms with Crippen LogP contribution in [-0.4, -0.2) is 42.1 Å². The molecule has 22 heavy (non-hydrogen) atoms. The molecule has 0 radical (unpaired) electrons. The van der Waals surface area contributed by atoms with Crippen molar-refractivity contribution in [3.05, 3.63) is 41.6 Å². The molecule has 0 fully saturated rings. The Balaban J connectivity index is 1.83. The Morgan fingerprint density at radius 2 is 1.86 bits per heavy atom. The maximum absolute atomic E-state index is 5.87. The molecule has 0 unspecified atom stereocenters. The van der Waals surface area contributed by atoms with Gasteiger partial charge in [0.15, 0.2) is 0 Å². The normalized spacial score (nSPS) is 10.7. The van der Waals surface area contributed by atoms with Gasteiger partial charge in [0.1, 0.15) is 5.82 Å². The van der Waals surface area contributed by atoms with Crippen molar-refractivity contribution < 1.29 is 0 Å². The molecule has 0 aliphatic heterocycles. The Labute approximate surface area is 136 Å². The fraction of sp³-hybridized carbons (Fsp3) is 0.375. The number of unbranched alkanes of at least 4 members (excludes halogenated alkanes) is 1. The van der Waals surface area contributed by atoms with E-state index in [1.54, 1.807) is 6.20 Å². The first-order valence-electron chi connectivity index (χ1n) is 7.38. The molecule has 0 aliphatic carbocycles. The number of nitrogens with zero attached hydrogens (tertiary/aromatic N) is 3. The van der Waals surface area contributed by atoms with Gasteiger partial charge in [-0.1, -0.05) is 11.6 Å². The largest absolute Gasteiger partial charge is 0.370 e. The second-order valence-electron chi connectivity index (χ2n) is 5.33. The third-order valence-electron chi connectivity index (χ3n) is 3.09. The van der Waals surface area contributed by atoms with Crippen molar-refractivity contribution in [2.24, 2.45) is 0 Å². The van der Waals surface area contributed by atoms with Crippen LogP contribution in [-0.2, 0) is 0 Å². The highest BCUT2D eigenvalue weighted by Gasteiger charge is 2.00. The predicted octanol–water partition coefficient (Wildman–Crippen LogP) is 3.63. The summed E-state index contributed by atoms with van der Waals surface area (Å²) in [6.07, 6.45) is 4.02. The average Bonchev–Trinajstić information content (AvgIpc) is 2.49. The van der Waals surface area contributed by atoms with Crippen molar-refractivity contribution in [1.29, 1.82) is 0 Å². The van der Waals surface area contributed by atoms with Gasteiger partial charge in [-0.3, -0.25) is 0 Å². The van der Waals surface area contributed by atoms with Gasteiger partial charge in [0.25, 0.3) is 0 Å². The number of halogens is 1. The molecule has 0 atom stereocenters. The molecular weight excluding hydrogens is 298 g/mol. The van der Waals surface area contributed by atoms with Crippen molar-refractivity contribution >= 4 is 29.1 Å². The van der Waals surface area contributed by atoms with Crippen LogP contribution in [0.5, 0.6) is 0 Å². The summed E-state index contributed by atoms with van der Waals surface area (Å²) in [5, 5.41) is 7.19. The van der Waals surface area contributed by atoms with Gasteiger partial charge in [0.2, 0.25) is 5.95 Å². The molecule has 0 saturated heterocycles. The minimum Gasteiger partial charge on any atom is -0.370 e. The standard InChI is InChI=1S/C16H22ClN5/c1-22(2)12-4-3-10-18-15-9-11-19-16(21-15)20-14-7-5-13(17)6-8-14/h5-9,11H,3-4,10,12H2,1-2H3,(H2,18,19,20,21). The van der Waals surface area contributed by atoms with Crippen LogP contribution in [0.4, 0.5) is 17.5 Å². The van der Waals surface area contributed by atoms with Crippen molar-refractivity contribution in [2.75, 3.05) is 37.8 Å². The quantitative estimate of drug-likeness (QED) is 0.728. The number of hydrogen-bond donors (Lipinski definition) is 2. The third-order valence-corrected chi connectivity index (χ3v) is 3.35. The second kappa shape index (κ2) is 8.56. The van der Waals surface area contributed by atoms with Crippen LogP contribution in [0.1, 0.15) is 12.8 Å². The van der Waals surface area contributed by atoms with Crippen LogP contribution < -0.4 is 10.6 Å². The van der Waals surface area contributed by atoms with Crippen LogP contribution in [0, 0.1) is 0 Å². The number of benzene rings is 1. The van der Waals surface area contributed by atoms with Gasteiger partial charge in [0, 0.05) is 23.5 Å². The lowest BCUT2D eigenvalue weighted by Crippen LogP contribution is -2.14. The fourth-order valence-electron chi connectivity index (χ4n) is 1.95. The van der Waals surface area contributed by atoms with Crippen molar-refractivity contribution in [2.45, 2.75) is 12.8 Å². The van der Waals surface area contributed by atoms with E-state index in [4.69, 9.17) is 11.6 Å². The maximum atomic E-state index is 5.87. The van der Waals surface area contributed by atoms with E-state index in [1.807, 2.05) is 30.3 Å². The van der Waals surface area contributed by atoms with Crippen LogP contribution in [0.3, 0.4) is 0 Å². The first-order chi connectivity index (χ1) is 10.6. The fourth-order valence-corrected chi connectivity index (χ4v) is 2.08. The number of rotatable bonds is 8. The van der Waals surface area contributed by atoms with Gasteiger partial charge >= 0.3 is 0 Å². The third kappa shape index (κ3) is 5.87. The SMILES string of the molecule is CN(C)CCCCNc1ccnc(Nc2ccc(Cl)cc2)n1. The number of anilines is 3. The van der Waals surface area contributed by atoms with Gasteiger partial charge in [-0.15, -0.1) is 0 Å². The Bertz CT molecular complexity index is 571. The lowest BCUT2D eigenvalue weighted by atomic mass is 10.3. The zero-order valence-electron chi connectivity index (χ0n) is 13.0. The smallest absolute Gasteiger partial charge is 0.229 e. The van der Waals surface area contributed by atoms with Gasteiger partial charge in [-0.25, -0.2) is 4.98 Å². The summed E-state index contributed by atoms with van der Waals surface area (Å²) in [6, 6.07) is 9.33. The highest BCUT2D eigenvalue weighted by atomic mass is 35.5. The summed E-state index contributed by atoms with van der Waals surface area (Å²) < 4.78 is 0. The van der Waals surface area contributed by atoms with E-state index in [-0.39, 0.29) is 0 Å². The lowest BCUT2D eigenvalue weighted by molar-refractivity contribution is 0.396. The molecule has 5 nitrogen and oxygen atoms in total. The van der Waals surface area contributed by atoms with Crippen LogP contribution in [0.2, 0.25) is 5.02 Å². The number of nitrogens with one attached hydrogen (secondary N) is 2. The first kappa shape index (κ1) is 16.5. The molecule has 1 aromatic heterocycles. The summed E-state index contributed by atoms with van der Waals surface area (Å²) >= 11 is 5.87. The molecule has 118 valence electrons. The van der Waals surface area contributed by atoms with Crippen molar-refractivity contribution in [1.82, 2.24) is 14.9 Å². The summed E-state index contributed by atoms with van der Waals surface area (Å²) in [6.45, 7) is 2.01. The van der Waals surface area contributed by atoms with E-state index in [0.29, 0.717) is 11.0 Å². The molecule has 0 aliphatic rings. The van der Waals surface area contributed by atoms with E-state index in [0.717, 1.165) is 31.0 Å². The minimum atomic E-state index is 0.570. The molecule has 6 heteroatoms. The molecule has 0 bridgehead atoms. The highest BCUT2D eigenvalue weighted by molar-refractivity contribution is 6.30. The minimum absolute atomic E-state index is 0.570. The molecule has 0 spiro atoms. The van der Waals surface area contributed by atoms with E-state index >= 15 is 0 Å². The molecule has 2 N–H and O–H groups in total. The molecule has 2 rings (SSSR count). The van der Waals surface area contributed by atoms with Gasteiger partial charge in [-0.2, -0.15) is 4.98 Å². The van der Waals surface area contributed by atoms with E-state index in [1.165, 1.54) is 6.42 Å². The number of aromatic nitrogens is 2. The van der Waals surface area contributed by atoms with Crippen LogP contribution >= 0.6 is 11.6 Å². The van der Waals surface area contributed by atoms with Gasteiger partial charge < -0.3 is 15.5 Å². The molecule has 0 saturated carbocycles. The predicted molar refractivity (Wildman–Crippen MR) is 93.0 cm³/mol. The molecular formula is C16H22ClN5. The topological polar surface area (TPSA) is 53.1 Å². The van der Waals surface area contributed by atoms with Crippen LogP contribution in [0.15, 0.2) is 36.5 Å². The van der Waals surface area contributed by atoms with Gasteiger partial charge in [0.05, 0.1) is 0 Å². The zero-order chi connectivity index (χ0) is 15.8. The zero-order valence-corrected chi connectivity index (χ0v) is 13.8. The summed E-state index contributed by atoms with van der Waals surface area (Å²) in [7, 11) is 4.18. The lowest BCUT2D eigenvalue weighted by Gasteiger charge is -2.10. The van der Waals surface area contributed by atoms with Gasteiger partial charge in [-0.05, 0) is 63.8 Å². The number of hydrogen-bond acceptors (Lipinski definition) is 5. The van der Waals surface area contributed by atoms with Crippen molar-refractivity contribution in [3.8, 4) is 0 Å². The van der Waals surface area contributed by atoms with Crippen LogP contribution in [0.25, 0.3) is 0 Å². The van der Waals surface area contributed by atoms with Crippen molar-refractivity contribution in [3.63, 3.8) is 0 Å².